The summed E-state index contributed by atoms with van der Waals surface area (Å²) in [5.74, 6) is 0.609. The van der Waals surface area contributed by atoms with E-state index in [0.29, 0.717) is 11.5 Å². The molecular formula is C18H18O5. The standard InChI is InChI=1S/C18H18O5/c1-22-14-4-2-3-13(11-14)5-8-17(20)16-7-6-15(12-18(16)21)23-10-9-19/h2-8,11-12,19,21H,9-10H2,1H3/b8-5+. The summed E-state index contributed by atoms with van der Waals surface area (Å²) in [6, 6.07) is 11.7. The predicted octanol–water partition coefficient (Wildman–Crippen LogP) is 2.67. The van der Waals surface area contributed by atoms with Crippen molar-refractivity contribution in [1.82, 2.24) is 0 Å². The topological polar surface area (TPSA) is 76.0 Å². The Bertz CT molecular complexity index is 706. The lowest BCUT2D eigenvalue weighted by Crippen LogP contribution is -2.02. The fourth-order valence-corrected chi connectivity index (χ4v) is 1.98. The highest BCUT2D eigenvalue weighted by Gasteiger charge is 2.09. The number of ketones is 1. The van der Waals surface area contributed by atoms with Crippen molar-refractivity contribution in [3.8, 4) is 17.2 Å². The van der Waals surface area contributed by atoms with Crippen LogP contribution in [0.4, 0.5) is 0 Å². The Morgan fingerprint density at radius 3 is 2.70 bits per heavy atom. The largest absolute Gasteiger partial charge is 0.507 e. The van der Waals surface area contributed by atoms with Gasteiger partial charge in [-0.15, -0.1) is 0 Å². The lowest BCUT2D eigenvalue weighted by molar-refractivity contribution is 0.104. The molecule has 0 aliphatic carbocycles. The van der Waals surface area contributed by atoms with Gasteiger partial charge in [-0.1, -0.05) is 18.2 Å². The van der Waals surface area contributed by atoms with Crippen molar-refractivity contribution in [3.05, 3.63) is 59.7 Å². The molecule has 0 bridgehead atoms. The average molecular weight is 314 g/mol. The Morgan fingerprint density at radius 1 is 1.17 bits per heavy atom. The molecule has 0 saturated carbocycles. The number of aliphatic hydroxyl groups is 1. The molecule has 2 N–H and O–H groups in total. The summed E-state index contributed by atoms with van der Waals surface area (Å²) in [7, 11) is 1.58. The number of rotatable bonds is 7. The second-order valence-corrected chi connectivity index (χ2v) is 4.73. The van der Waals surface area contributed by atoms with E-state index in [2.05, 4.69) is 0 Å². The number of aromatic hydroxyl groups is 1. The Morgan fingerprint density at radius 2 is 2.00 bits per heavy atom. The Labute approximate surface area is 134 Å². The van der Waals surface area contributed by atoms with Crippen molar-refractivity contribution in [2.45, 2.75) is 0 Å². The van der Waals surface area contributed by atoms with Crippen LogP contribution in [0.3, 0.4) is 0 Å². The number of allylic oxidation sites excluding steroid dienone is 1. The zero-order chi connectivity index (χ0) is 16.7. The molecule has 5 nitrogen and oxygen atoms in total. The van der Waals surface area contributed by atoms with Crippen molar-refractivity contribution < 1.29 is 24.5 Å². The molecule has 0 unspecified atom stereocenters. The zero-order valence-electron chi connectivity index (χ0n) is 12.7. The molecule has 0 radical (unpaired) electrons. The zero-order valence-corrected chi connectivity index (χ0v) is 12.7. The number of phenolic OH excluding ortho intramolecular Hbond substituents is 1. The van der Waals surface area contributed by atoms with Gasteiger partial charge in [-0.3, -0.25) is 4.79 Å². The van der Waals surface area contributed by atoms with Crippen LogP contribution in [0.2, 0.25) is 0 Å². The molecule has 0 amide bonds. The van der Waals surface area contributed by atoms with Gasteiger partial charge in [0, 0.05) is 6.07 Å². The SMILES string of the molecule is COc1cccc(/C=C/C(=O)c2ccc(OCCO)cc2O)c1. The lowest BCUT2D eigenvalue weighted by Gasteiger charge is -2.06. The van der Waals surface area contributed by atoms with Gasteiger partial charge in [0.15, 0.2) is 5.78 Å². The van der Waals surface area contributed by atoms with E-state index in [0.717, 1.165) is 5.56 Å². The minimum Gasteiger partial charge on any atom is -0.507 e. The summed E-state index contributed by atoms with van der Waals surface area (Å²) < 4.78 is 10.3. The number of benzene rings is 2. The molecule has 0 spiro atoms. The highest BCUT2D eigenvalue weighted by atomic mass is 16.5. The van der Waals surface area contributed by atoms with Gasteiger partial charge in [-0.2, -0.15) is 0 Å². The summed E-state index contributed by atoms with van der Waals surface area (Å²) in [5, 5.41) is 18.6. The third-order valence-electron chi connectivity index (χ3n) is 3.12. The van der Waals surface area contributed by atoms with E-state index in [1.165, 1.54) is 18.2 Å². The first-order chi connectivity index (χ1) is 11.1. The van der Waals surface area contributed by atoms with E-state index in [9.17, 15) is 9.90 Å². The summed E-state index contributed by atoms with van der Waals surface area (Å²) in [6.45, 7) is 0.00714. The maximum absolute atomic E-state index is 12.2. The molecule has 2 aromatic carbocycles. The highest BCUT2D eigenvalue weighted by Crippen LogP contribution is 2.24. The molecule has 120 valence electrons. The van der Waals surface area contributed by atoms with Gasteiger partial charge >= 0.3 is 0 Å². The first kappa shape index (κ1) is 16.6. The van der Waals surface area contributed by atoms with E-state index < -0.39 is 0 Å². The number of aliphatic hydroxyl groups excluding tert-OH is 1. The van der Waals surface area contributed by atoms with E-state index >= 15 is 0 Å². The van der Waals surface area contributed by atoms with Gasteiger partial charge in [0.2, 0.25) is 0 Å². The lowest BCUT2D eigenvalue weighted by atomic mass is 10.1. The fraction of sp³-hybridized carbons (Fsp3) is 0.167. The third kappa shape index (κ3) is 4.59. The molecule has 2 rings (SSSR count). The van der Waals surface area contributed by atoms with Crippen LogP contribution in [0.1, 0.15) is 15.9 Å². The molecule has 23 heavy (non-hydrogen) atoms. The summed E-state index contributed by atoms with van der Waals surface area (Å²) in [6.07, 6.45) is 3.04. The van der Waals surface area contributed by atoms with Crippen LogP contribution in [0, 0.1) is 0 Å². The number of ether oxygens (including phenoxy) is 2. The quantitative estimate of drug-likeness (QED) is 0.607. The highest BCUT2D eigenvalue weighted by molar-refractivity contribution is 6.08. The predicted molar refractivity (Wildman–Crippen MR) is 87.0 cm³/mol. The Hall–Kier alpha value is -2.79. The van der Waals surface area contributed by atoms with Crippen molar-refractivity contribution in [2.24, 2.45) is 0 Å². The number of methoxy groups -OCH3 is 1. The van der Waals surface area contributed by atoms with Crippen molar-refractivity contribution in [3.63, 3.8) is 0 Å². The number of hydrogen-bond acceptors (Lipinski definition) is 5. The Balaban J connectivity index is 2.12. The first-order valence-corrected chi connectivity index (χ1v) is 7.07. The monoisotopic (exact) mass is 314 g/mol. The summed E-state index contributed by atoms with van der Waals surface area (Å²) in [5.41, 5.74) is 1.00. The van der Waals surface area contributed by atoms with Gasteiger partial charge in [0.05, 0.1) is 19.3 Å². The minimum absolute atomic E-state index is 0.120. The van der Waals surface area contributed by atoms with Crippen molar-refractivity contribution in [2.75, 3.05) is 20.3 Å². The van der Waals surface area contributed by atoms with Crippen LogP contribution < -0.4 is 9.47 Å². The first-order valence-electron chi connectivity index (χ1n) is 7.07. The van der Waals surface area contributed by atoms with Crippen LogP contribution in [-0.2, 0) is 0 Å². The normalized spacial score (nSPS) is 10.7. The average Bonchev–Trinajstić information content (AvgIpc) is 2.58. The van der Waals surface area contributed by atoms with E-state index in [4.69, 9.17) is 14.6 Å². The number of carbonyl (C=O) groups excluding carboxylic acids is 1. The smallest absolute Gasteiger partial charge is 0.189 e. The fourth-order valence-electron chi connectivity index (χ4n) is 1.98. The summed E-state index contributed by atoms with van der Waals surface area (Å²) in [4.78, 5) is 12.2. The van der Waals surface area contributed by atoms with Crippen LogP contribution in [-0.4, -0.2) is 36.3 Å². The molecule has 0 aliphatic heterocycles. The minimum atomic E-state index is -0.320. The van der Waals surface area contributed by atoms with Crippen LogP contribution in [0.5, 0.6) is 17.2 Å². The van der Waals surface area contributed by atoms with Crippen LogP contribution in [0.15, 0.2) is 48.5 Å². The number of carbonyl (C=O) groups is 1. The second kappa shape index (κ2) is 8.00. The van der Waals surface area contributed by atoms with E-state index in [1.807, 2.05) is 18.2 Å². The van der Waals surface area contributed by atoms with Crippen LogP contribution >= 0.6 is 0 Å². The van der Waals surface area contributed by atoms with E-state index in [1.54, 1.807) is 25.3 Å². The molecule has 0 saturated heterocycles. The molecule has 5 heteroatoms. The molecule has 2 aromatic rings. The van der Waals surface area contributed by atoms with Crippen molar-refractivity contribution in [1.29, 1.82) is 0 Å². The maximum Gasteiger partial charge on any atom is 0.189 e. The van der Waals surface area contributed by atoms with E-state index in [-0.39, 0.29) is 30.3 Å². The molecular weight excluding hydrogens is 296 g/mol. The van der Waals surface area contributed by atoms with Crippen molar-refractivity contribution >= 4 is 11.9 Å². The molecule has 0 aliphatic rings. The number of phenols is 1. The summed E-state index contributed by atoms with van der Waals surface area (Å²) >= 11 is 0. The molecule has 0 heterocycles. The van der Waals surface area contributed by atoms with Gasteiger partial charge in [-0.25, -0.2) is 0 Å². The molecule has 0 fully saturated rings. The van der Waals surface area contributed by atoms with Gasteiger partial charge in [0.1, 0.15) is 23.9 Å². The number of hydrogen-bond donors (Lipinski definition) is 2. The van der Waals surface area contributed by atoms with Crippen LogP contribution in [0.25, 0.3) is 6.08 Å². The van der Waals surface area contributed by atoms with Gasteiger partial charge in [0.25, 0.3) is 0 Å². The van der Waals surface area contributed by atoms with Gasteiger partial charge in [-0.05, 0) is 35.9 Å². The molecule has 0 aromatic heterocycles. The van der Waals surface area contributed by atoms with Gasteiger partial charge < -0.3 is 19.7 Å². The molecule has 0 atom stereocenters. The maximum atomic E-state index is 12.2. The Kier molecular flexibility index (Phi) is 5.77. The second-order valence-electron chi connectivity index (χ2n) is 4.73. The third-order valence-corrected chi connectivity index (χ3v) is 3.12.